The summed E-state index contributed by atoms with van der Waals surface area (Å²) in [5.41, 5.74) is 4.19. The van der Waals surface area contributed by atoms with Gasteiger partial charge in [-0.05, 0) is 84.2 Å². The number of hydrazone groups is 1. The Hall–Kier alpha value is -1.78. The third kappa shape index (κ3) is 6.64. The highest BCUT2D eigenvalue weighted by Gasteiger charge is 2.13. The Bertz CT molecular complexity index is 1220. The van der Waals surface area contributed by atoms with Crippen LogP contribution in [0, 0.1) is 0 Å². The van der Waals surface area contributed by atoms with Gasteiger partial charge in [-0.2, -0.15) is 5.10 Å². The van der Waals surface area contributed by atoms with Gasteiger partial charge in [0, 0.05) is 31.2 Å². The van der Waals surface area contributed by atoms with Gasteiger partial charge in [0.2, 0.25) is 0 Å². The number of nitrogens with one attached hydrogen (secondary N) is 1. The SMILES string of the molecule is COc1cc(/C=N/NC(=O)c2cc(Br)c(O)c(Br)c2)c(Br)cc1OCc1ccc(Cl)cc1Cl. The van der Waals surface area contributed by atoms with Gasteiger partial charge >= 0.3 is 0 Å². The monoisotopic (exact) mass is 678 g/mol. The zero-order valence-electron chi connectivity index (χ0n) is 16.8. The van der Waals surface area contributed by atoms with Crippen molar-refractivity contribution >= 4 is 83.1 Å². The molecular formula is C22H15Br3Cl2N2O4. The summed E-state index contributed by atoms with van der Waals surface area (Å²) in [7, 11) is 1.52. The lowest BCUT2D eigenvalue weighted by molar-refractivity contribution is 0.0955. The molecule has 2 N–H and O–H groups in total. The number of halogens is 5. The van der Waals surface area contributed by atoms with Crippen LogP contribution in [-0.4, -0.2) is 24.3 Å². The highest BCUT2D eigenvalue weighted by atomic mass is 79.9. The van der Waals surface area contributed by atoms with Crippen LogP contribution in [0.5, 0.6) is 17.2 Å². The van der Waals surface area contributed by atoms with Crippen LogP contribution in [0.4, 0.5) is 0 Å². The summed E-state index contributed by atoms with van der Waals surface area (Å²) in [5.74, 6) is 0.528. The van der Waals surface area contributed by atoms with Crippen molar-refractivity contribution in [3.05, 3.63) is 82.6 Å². The number of hydrogen-bond acceptors (Lipinski definition) is 5. The first-order valence-electron chi connectivity index (χ1n) is 9.15. The van der Waals surface area contributed by atoms with Crippen molar-refractivity contribution in [2.24, 2.45) is 5.10 Å². The largest absolute Gasteiger partial charge is 0.506 e. The molecule has 0 heterocycles. The maximum absolute atomic E-state index is 12.4. The van der Waals surface area contributed by atoms with Crippen LogP contribution < -0.4 is 14.9 Å². The fourth-order valence-electron chi connectivity index (χ4n) is 2.64. The van der Waals surface area contributed by atoms with Crippen molar-refractivity contribution in [3.8, 4) is 17.2 Å². The second-order valence-electron chi connectivity index (χ2n) is 6.54. The summed E-state index contributed by atoms with van der Waals surface area (Å²) in [6.45, 7) is 0.222. The Balaban J connectivity index is 1.72. The molecule has 3 aromatic rings. The molecule has 3 rings (SSSR count). The summed E-state index contributed by atoms with van der Waals surface area (Å²) in [6, 6.07) is 11.6. The molecule has 0 radical (unpaired) electrons. The van der Waals surface area contributed by atoms with Gasteiger partial charge in [0.05, 0.1) is 22.3 Å². The summed E-state index contributed by atoms with van der Waals surface area (Å²) >= 11 is 22.0. The van der Waals surface area contributed by atoms with Crippen molar-refractivity contribution in [2.45, 2.75) is 6.61 Å². The van der Waals surface area contributed by atoms with Crippen LogP contribution in [0.2, 0.25) is 10.0 Å². The van der Waals surface area contributed by atoms with E-state index in [0.29, 0.717) is 46.1 Å². The molecule has 0 aliphatic carbocycles. The van der Waals surface area contributed by atoms with E-state index in [4.69, 9.17) is 32.7 Å². The number of carbonyl (C=O) groups is 1. The molecule has 0 fully saturated rings. The number of aromatic hydroxyl groups is 1. The van der Waals surface area contributed by atoms with E-state index in [1.54, 1.807) is 30.3 Å². The van der Waals surface area contributed by atoms with Crippen LogP contribution >= 0.6 is 71.0 Å². The summed E-state index contributed by atoms with van der Waals surface area (Å²) in [4.78, 5) is 12.4. The molecule has 0 bridgehead atoms. The third-order valence-corrected chi connectivity index (χ3v) is 6.81. The number of carbonyl (C=O) groups excluding carboxylic acids is 1. The molecule has 0 aliphatic rings. The summed E-state index contributed by atoms with van der Waals surface area (Å²) in [5, 5.41) is 14.8. The Kier molecular flexibility index (Phi) is 9.06. The first kappa shape index (κ1) is 25.8. The summed E-state index contributed by atoms with van der Waals surface area (Å²) < 4.78 is 12.7. The third-order valence-electron chi connectivity index (χ3n) is 4.33. The first-order valence-corrected chi connectivity index (χ1v) is 12.3. The second-order valence-corrected chi connectivity index (χ2v) is 9.94. The van der Waals surface area contributed by atoms with E-state index in [2.05, 4.69) is 58.3 Å². The van der Waals surface area contributed by atoms with E-state index in [1.807, 2.05) is 0 Å². The Labute approximate surface area is 225 Å². The average molecular weight is 682 g/mol. The standard InChI is InChI=1S/C22H15Br3Cl2N2O4/c1-32-19-6-13(9-28-29-22(31)12-4-16(24)21(30)17(25)5-12)15(23)8-20(19)33-10-11-2-3-14(26)7-18(11)27/h2-9,30H,10H2,1H3,(H,29,31)/b28-9+. The smallest absolute Gasteiger partial charge is 0.271 e. The molecule has 1 amide bonds. The van der Waals surface area contributed by atoms with E-state index >= 15 is 0 Å². The van der Waals surface area contributed by atoms with E-state index in [-0.39, 0.29) is 12.4 Å². The number of amides is 1. The van der Waals surface area contributed by atoms with Crippen LogP contribution in [-0.2, 0) is 6.61 Å². The predicted octanol–water partition coefficient (Wildman–Crippen LogP) is 7.34. The molecular weight excluding hydrogens is 667 g/mol. The van der Waals surface area contributed by atoms with Crippen molar-refractivity contribution < 1.29 is 19.4 Å². The highest BCUT2D eigenvalue weighted by Crippen LogP contribution is 2.35. The van der Waals surface area contributed by atoms with Gasteiger partial charge in [0.25, 0.3) is 5.91 Å². The predicted molar refractivity (Wildman–Crippen MR) is 140 cm³/mol. The van der Waals surface area contributed by atoms with Crippen molar-refractivity contribution in [2.75, 3.05) is 7.11 Å². The molecule has 11 heteroatoms. The van der Waals surface area contributed by atoms with Crippen LogP contribution in [0.1, 0.15) is 21.5 Å². The molecule has 0 saturated carbocycles. The van der Waals surface area contributed by atoms with Gasteiger partial charge in [-0.15, -0.1) is 0 Å². The van der Waals surface area contributed by atoms with Gasteiger partial charge in [-0.25, -0.2) is 5.43 Å². The number of phenolic OH excluding ortho intramolecular Hbond substituents is 1. The number of ether oxygens (including phenoxy) is 2. The second kappa shape index (κ2) is 11.6. The molecule has 33 heavy (non-hydrogen) atoms. The van der Waals surface area contributed by atoms with E-state index in [9.17, 15) is 9.90 Å². The fraction of sp³-hybridized carbons (Fsp3) is 0.0909. The molecule has 172 valence electrons. The van der Waals surface area contributed by atoms with Gasteiger partial charge in [-0.3, -0.25) is 4.79 Å². The van der Waals surface area contributed by atoms with E-state index < -0.39 is 5.91 Å². The minimum atomic E-state index is -0.449. The van der Waals surface area contributed by atoms with Gasteiger partial charge < -0.3 is 14.6 Å². The lowest BCUT2D eigenvalue weighted by Crippen LogP contribution is -2.17. The van der Waals surface area contributed by atoms with E-state index in [0.717, 1.165) is 5.56 Å². The van der Waals surface area contributed by atoms with Crippen LogP contribution in [0.25, 0.3) is 0 Å². The lowest BCUT2D eigenvalue weighted by Gasteiger charge is -2.13. The van der Waals surface area contributed by atoms with Crippen molar-refractivity contribution in [3.63, 3.8) is 0 Å². The number of hydrogen-bond donors (Lipinski definition) is 2. The molecule has 6 nitrogen and oxygen atoms in total. The zero-order valence-corrected chi connectivity index (χ0v) is 23.1. The van der Waals surface area contributed by atoms with Crippen LogP contribution in [0.3, 0.4) is 0 Å². The maximum Gasteiger partial charge on any atom is 0.271 e. The molecule has 0 spiro atoms. The lowest BCUT2D eigenvalue weighted by atomic mass is 10.2. The fourth-order valence-corrected chi connectivity index (χ4v) is 4.71. The van der Waals surface area contributed by atoms with Crippen molar-refractivity contribution in [1.29, 1.82) is 0 Å². The molecule has 0 saturated heterocycles. The highest BCUT2D eigenvalue weighted by molar-refractivity contribution is 9.11. The van der Waals surface area contributed by atoms with E-state index in [1.165, 1.54) is 25.5 Å². The topological polar surface area (TPSA) is 80.2 Å². The van der Waals surface area contributed by atoms with Crippen molar-refractivity contribution in [1.82, 2.24) is 5.43 Å². The molecule has 0 aliphatic heterocycles. The molecule has 3 aromatic carbocycles. The average Bonchev–Trinajstić information content (AvgIpc) is 2.77. The van der Waals surface area contributed by atoms with Gasteiger partial charge in [0.1, 0.15) is 12.4 Å². The normalized spacial score (nSPS) is 11.0. The minimum Gasteiger partial charge on any atom is -0.506 e. The number of methoxy groups -OCH3 is 1. The number of rotatable bonds is 7. The molecule has 0 aromatic heterocycles. The minimum absolute atomic E-state index is 0.00622. The Morgan fingerprint density at radius 3 is 2.39 bits per heavy atom. The zero-order chi connectivity index (χ0) is 24.1. The number of benzene rings is 3. The maximum atomic E-state index is 12.4. The Morgan fingerprint density at radius 2 is 1.76 bits per heavy atom. The summed E-state index contributed by atoms with van der Waals surface area (Å²) in [6.07, 6.45) is 1.47. The number of nitrogens with zero attached hydrogens (tertiary/aromatic N) is 1. The molecule has 0 unspecified atom stereocenters. The quantitative estimate of drug-likeness (QED) is 0.202. The number of phenols is 1. The van der Waals surface area contributed by atoms with Gasteiger partial charge in [0.15, 0.2) is 11.5 Å². The van der Waals surface area contributed by atoms with Gasteiger partial charge in [-0.1, -0.05) is 29.3 Å². The Morgan fingerprint density at radius 1 is 1.06 bits per heavy atom. The van der Waals surface area contributed by atoms with Crippen LogP contribution in [0.15, 0.2) is 61.0 Å². The molecule has 0 atom stereocenters. The first-order chi connectivity index (χ1) is 15.7.